The summed E-state index contributed by atoms with van der Waals surface area (Å²) in [4.78, 5) is 0. The number of fused-ring (bicyclic) bond motifs is 1. The van der Waals surface area contributed by atoms with Crippen molar-refractivity contribution in [2.45, 2.75) is 13.0 Å². The van der Waals surface area contributed by atoms with Crippen molar-refractivity contribution < 1.29 is 5.11 Å². The van der Waals surface area contributed by atoms with Gasteiger partial charge >= 0.3 is 0 Å². The number of hydrogen-bond acceptors (Lipinski definition) is 3. The zero-order valence-corrected chi connectivity index (χ0v) is 7.31. The van der Waals surface area contributed by atoms with Crippen molar-refractivity contribution in [1.82, 2.24) is 9.61 Å². The molecule has 0 bridgehead atoms. The summed E-state index contributed by atoms with van der Waals surface area (Å²) in [5.41, 5.74) is 7.71. The van der Waals surface area contributed by atoms with E-state index in [0.717, 1.165) is 5.52 Å². The van der Waals surface area contributed by atoms with Crippen molar-refractivity contribution in [2.24, 2.45) is 0 Å². The van der Waals surface area contributed by atoms with Gasteiger partial charge in [0.05, 0.1) is 17.3 Å². The Morgan fingerprint density at radius 3 is 2.92 bits per heavy atom. The van der Waals surface area contributed by atoms with Crippen LogP contribution < -0.4 is 5.73 Å². The van der Waals surface area contributed by atoms with E-state index in [2.05, 4.69) is 5.10 Å². The van der Waals surface area contributed by atoms with Crippen molar-refractivity contribution in [3.05, 3.63) is 30.1 Å². The number of aromatic nitrogens is 2. The molecule has 68 valence electrons. The smallest absolute Gasteiger partial charge is 0.115 e. The van der Waals surface area contributed by atoms with Gasteiger partial charge in [-0.15, -0.1) is 0 Å². The molecule has 4 nitrogen and oxygen atoms in total. The molecule has 0 aliphatic heterocycles. The van der Waals surface area contributed by atoms with Crippen LogP contribution in [0.1, 0.15) is 18.7 Å². The van der Waals surface area contributed by atoms with Gasteiger partial charge in [-0.2, -0.15) is 5.10 Å². The topological polar surface area (TPSA) is 63.5 Å². The maximum atomic E-state index is 9.35. The van der Waals surface area contributed by atoms with Crippen LogP contribution in [-0.4, -0.2) is 14.7 Å². The third kappa shape index (κ3) is 1.15. The molecule has 2 aromatic rings. The van der Waals surface area contributed by atoms with Crippen LogP contribution in [0.25, 0.3) is 5.52 Å². The van der Waals surface area contributed by atoms with Crippen molar-refractivity contribution in [3.63, 3.8) is 0 Å². The molecule has 0 radical (unpaired) electrons. The van der Waals surface area contributed by atoms with E-state index in [1.807, 2.05) is 18.2 Å². The van der Waals surface area contributed by atoms with Crippen LogP contribution in [0.2, 0.25) is 0 Å². The summed E-state index contributed by atoms with van der Waals surface area (Å²) in [7, 11) is 0. The van der Waals surface area contributed by atoms with E-state index in [1.165, 1.54) is 0 Å². The first-order valence-corrected chi connectivity index (χ1v) is 4.11. The van der Waals surface area contributed by atoms with Gasteiger partial charge in [0.15, 0.2) is 0 Å². The van der Waals surface area contributed by atoms with Crippen LogP contribution in [-0.2, 0) is 0 Å². The van der Waals surface area contributed by atoms with Gasteiger partial charge in [-0.1, -0.05) is 6.07 Å². The fraction of sp³-hybridized carbons (Fsp3) is 0.222. The first-order valence-electron chi connectivity index (χ1n) is 4.11. The molecule has 0 saturated carbocycles. The molecule has 13 heavy (non-hydrogen) atoms. The lowest BCUT2D eigenvalue weighted by molar-refractivity contribution is 0.194. The molecule has 0 spiro atoms. The highest BCUT2D eigenvalue weighted by atomic mass is 16.3. The predicted octanol–water partition coefficient (Wildman–Crippen LogP) is 0.970. The van der Waals surface area contributed by atoms with Crippen molar-refractivity contribution in [3.8, 4) is 0 Å². The SMILES string of the molecule is C[C@H](O)c1nn2ccccc2c1N. The zero-order valence-electron chi connectivity index (χ0n) is 7.31. The molecule has 0 aliphatic rings. The second-order valence-electron chi connectivity index (χ2n) is 3.01. The number of rotatable bonds is 1. The average molecular weight is 177 g/mol. The first kappa shape index (κ1) is 8.07. The molecular formula is C9H11N3O. The fourth-order valence-corrected chi connectivity index (χ4v) is 1.34. The fourth-order valence-electron chi connectivity index (χ4n) is 1.34. The molecule has 1 atom stereocenters. The average Bonchev–Trinajstić information content (AvgIpc) is 2.45. The van der Waals surface area contributed by atoms with E-state index in [0.29, 0.717) is 11.4 Å². The highest BCUT2D eigenvalue weighted by Crippen LogP contribution is 2.22. The monoisotopic (exact) mass is 177 g/mol. The minimum atomic E-state index is -0.625. The number of aliphatic hydroxyl groups is 1. The summed E-state index contributed by atoms with van der Waals surface area (Å²) >= 11 is 0. The minimum Gasteiger partial charge on any atom is -0.395 e. The van der Waals surface area contributed by atoms with E-state index in [-0.39, 0.29) is 0 Å². The highest BCUT2D eigenvalue weighted by Gasteiger charge is 2.12. The predicted molar refractivity (Wildman–Crippen MR) is 50.2 cm³/mol. The largest absolute Gasteiger partial charge is 0.395 e. The number of nitrogen functional groups attached to an aromatic ring is 1. The van der Waals surface area contributed by atoms with Crippen LogP contribution in [0.5, 0.6) is 0 Å². The van der Waals surface area contributed by atoms with Crippen molar-refractivity contribution >= 4 is 11.2 Å². The molecule has 0 fully saturated rings. The molecule has 2 aromatic heterocycles. The molecule has 4 heteroatoms. The van der Waals surface area contributed by atoms with Crippen molar-refractivity contribution in [2.75, 3.05) is 5.73 Å². The maximum absolute atomic E-state index is 9.35. The lowest BCUT2D eigenvalue weighted by atomic mass is 10.2. The highest BCUT2D eigenvalue weighted by molar-refractivity contribution is 5.72. The van der Waals surface area contributed by atoms with Crippen LogP contribution in [0.15, 0.2) is 24.4 Å². The van der Waals surface area contributed by atoms with E-state index < -0.39 is 6.10 Å². The molecular weight excluding hydrogens is 166 g/mol. The second-order valence-corrected chi connectivity index (χ2v) is 3.01. The zero-order chi connectivity index (χ0) is 9.42. The Balaban J connectivity index is 2.74. The summed E-state index contributed by atoms with van der Waals surface area (Å²) in [5.74, 6) is 0. The number of pyridine rings is 1. The Kier molecular flexibility index (Phi) is 1.70. The van der Waals surface area contributed by atoms with Gasteiger partial charge in [0.25, 0.3) is 0 Å². The standard InChI is InChI=1S/C9H11N3O/c1-6(13)9-8(10)7-4-2-3-5-12(7)11-9/h2-6,13H,10H2,1H3/t6-/m0/s1. The lowest BCUT2D eigenvalue weighted by Crippen LogP contribution is -1.96. The third-order valence-corrected chi connectivity index (χ3v) is 2.00. The summed E-state index contributed by atoms with van der Waals surface area (Å²) in [6.45, 7) is 1.65. The number of aliphatic hydroxyl groups excluding tert-OH is 1. The van der Waals surface area contributed by atoms with E-state index in [4.69, 9.17) is 5.73 Å². The van der Waals surface area contributed by atoms with E-state index in [1.54, 1.807) is 17.6 Å². The Labute approximate surface area is 75.6 Å². The van der Waals surface area contributed by atoms with E-state index >= 15 is 0 Å². The van der Waals surface area contributed by atoms with Gasteiger partial charge < -0.3 is 10.8 Å². The van der Waals surface area contributed by atoms with Gasteiger partial charge in [-0.25, -0.2) is 4.52 Å². The van der Waals surface area contributed by atoms with Crippen LogP contribution in [0, 0.1) is 0 Å². The molecule has 3 N–H and O–H groups in total. The molecule has 0 aromatic carbocycles. The van der Waals surface area contributed by atoms with Crippen LogP contribution in [0.3, 0.4) is 0 Å². The Morgan fingerprint density at radius 2 is 2.31 bits per heavy atom. The summed E-state index contributed by atoms with van der Waals surface area (Å²) < 4.78 is 1.66. The summed E-state index contributed by atoms with van der Waals surface area (Å²) in [6.07, 6.45) is 1.18. The van der Waals surface area contributed by atoms with Gasteiger partial charge in [0, 0.05) is 6.20 Å². The quantitative estimate of drug-likeness (QED) is 0.682. The third-order valence-electron chi connectivity index (χ3n) is 2.00. The van der Waals surface area contributed by atoms with Crippen LogP contribution in [0.4, 0.5) is 5.69 Å². The normalized spacial score (nSPS) is 13.4. The first-order chi connectivity index (χ1) is 6.20. The Morgan fingerprint density at radius 1 is 1.54 bits per heavy atom. The van der Waals surface area contributed by atoms with Gasteiger partial charge in [0.2, 0.25) is 0 Å². The van der Waals surface area contributed by atoms with Gasteiger partial charge in [-0.05, 0) is 19.1 Å². The van der Waals surface area contributed by atoms with Gasteiger partial charge in [0.1, 0.15) is 5.69 Å². The molecule has 2 rings (SSSR count). The van der Waals surface area contributed by atoms with E-state index in [9.17, 15) is 5.11 Å². The molecule has 0 aliphatic carbocycles. The Bertz CT molecular complexity index is 433. The number of anilines is 1. The molecule has 2 heterocycles. The second kappa shape index (κ2) is 2.74. The lowest BCUT2D eigenvalue weighted by Gasteiger charge is -1.98. The molecule has 0 unspecified atom stereocenters. The molecule has 0 saturated heterocycles. The summed E-state index contributed by atoms with van der Waals surface area (Å²) in [6, 6.07) is 5.62. The Hall–Kier alpha value is -1.55. The van der Waals surface area contributed by atoms with Crippen molar-refractivity contribution in [1.29, 1.82) is 0 Å². The molecule has 0 amide bonds. The maximum Gasteiger partial charge on any atom is 0.115 e. The van der Waals surface area contributed by atoms with Crippen LogP contribution >= 0.6 is 0 Å². The number of nitrogens with zero attached hydrogens (tertiary/aromatic N) is 2. The minimum absolute atomic E-state index is 0.534. The summed E-state index contributed by atoms with van der Waals surface area (Å²) in [5, 5.41) is 13.5. The van der Waals surface area contributed by atoms with Gasteiger partial charge in [-0.3, -0.25) is 0 Å². The number of hydrogen-bond donors (Lipinski definition) is 2. The number of nitrogens with two attached hydrogens (primary N) is 1.